The Kier molecular flexibility index (Phi) is 4.34. The van der Waals surface area contributed by atoms with Crippen molar-refractivity contribution in [2.45, 2.75) is 6.61 Å². The van der Waals surface area contributed by atoms with Crippen LogP contribution in [0.2, 0.25) is 15.1 Å². The summed E-state index contributed by atoms with van der Waals surface area (Å²) >= 11 is 17.6. The van der Waals surface area contributed by atoms with Gasteiger partial charge in [0, 0.05) is 7.05 Å². The summed E-state index contributed by atoms with van der Waals surface area (Å²) in [5.74, 6) is 0.232. The topological polar surface area (TPSA) is 44.1 Å². The van der Waals surface area contributed by atoms with Gasteiger partial charge in [-0.3, -0.25) is 4.79 Å². The van der Waals surface area contributed by atoms with Crippen LogP contribution < -0.4 is 10.3 Å². The summed E-state index contributed by atoms with van der Waals surface area (Å²) in [6.07, 6.45) is 1.39. The summed E-state index contributed by atoms with van der Waals surface area (Å²) in [6.45, 7) is 0.214. The number of benzene rings is 1. The zero-order chi connectivity index (χ0) is 14.0. The largest absolute Gasteiger partial charge is 0.485 e. The predicted molar refractivity (Wildman–Crippen MR) is 75.3 cm³/mol. The quantitative estimate of drug-likeness (QED) is 0.871. The first kappa shape index (κ1) is 14.2. The van der Waals surface area contributed by atoms with Gasteiger partial charge in [0.25, 0.3) is 5.56 Å². The van der Waals surface area contributed by atoms with Gasteiger partial charge in [-0.15, -0.1) is 0 Å². The SMILES string of the molecule is Cn1ncc(OCc2ccc(Cl)c(Cl)c2)c(Cl)c1=O. The van der Waals surface area contributed by atoms with Gasteiger partial charge in [-0.2, -0.15) is 5.10 Å². The average Bonchev–Trinajstić information content (AvgIpc) is 2.39. The molecule has 0 amide bonds. The average molecular weight is 320 g/mol. The van der Waals surface area contributed by atoms with Gasteiger partial charge in [-0.25, -0.2) is 4.68 Å². The number of nitrogens with zero attached hydrogens (tertiary/aromatic N) is 2. The number of ether oxygens (including phenoxy) is 1. The van der Waals surface area contributed by atoms with Crippen molar-refractivity contribution in [1.82, 2.24) is 9.78 Å². The molecule has 7 heteroatoms. The smallest absolute Gasteiger partial charge is 0.289 e. The lowest BCUT2D eigenvalue weighted by Gasteiger charge is -2.08. The second-order valence-corrected chi connectivity index (χ2v) is 4.98. The Morgan fingerprint density at radius 2 is 2.00 bits per heavy atom. The van der Waals surface area contributed by atoms with Crippen molar-refractivity contribution in [2.24, 2.45) is 7.05 Å². The van der Waals surface area contributed by atoms with E-state index in [-0.39, 0.29) is 17.4 Å². The second kappa shape index (κ2) is 5.82. The third-order valence-electron chi connectivity index (χ3n) is 2.42. The van der Waals surface area contributed by atoms with Crippen molar-refractivity contribution in [2.75, 3.05) is 0 Å². The number of hydrogen-bond donors (Lipinski definition) is 0. The Balaban J connectivity index is 2.17. The van der Waals surface area contributed by atoms with E-state index in [2.05, 4.69) is 5.10 Å². The molecule has 100 valence electrons. The molecule has 0 saturated carbocycles. The third-order valence-corrected chi connectivity index (χ3v) is 3.51. The summed E-state index contributed by atoms with van der Waals surface area (Å²) in [7, 11) is 1.51. The Morgan fingerprint density at radius 3 is 2.68 bits per heavy atom. The molecule has 0 aliphatic rings. The molecule has 1 aromatic carbocycles. The summed E-state index contributed by atoms with van der Waals surface area (Å²) in [5, 5.41) is 4.74. The molecule has 0 aliphatic heterocycles. The van der Waals surface area contributed by atoms with E-state index in [0.29, 0.717) is 10.0 Å². The Bertz CT molecular complexity index is 671. The highest BCUT2D eigenvalue weighted by atomic mass is 35.5. The van der Waals surface area contributed by atoms with Crippen LogP contribution in [0.3, 0.4) is 0 Å². The molecule has 0 atom stereocenters. The van der Waals surface area contributed by atoms with Gasteiger partial charge in [0.05, 0.1) is 16.2 Å². The first-order chi connectivity index (χ1) is 8.99. The van der Waals surface area contributed by atoms with E-state index in [9.17, 15) is 4.79 Å². The van der Waals surface area contributed by atoms with Gasteiger partial charge < -0.3 is 4.74 Å². The summed E-state index contributed by atoms with van der Waals surface area (Å²) < 4.78 is 6.58. The molecule has 1 heterocycles. The first-order valence-corrected chi connectivity index (χ1v) is 6.41. The zero-order valence-corrected chi connectivity index (χ0v) is 12.1. The fourth-order valence-corrected chi connectivity index (χ4v) is 1.93. The van der Waals surface area contributed by atoms with Crippen LogP contribution in [-0.2, 0) is 13.7 Å². The number of aryl methyl sites for hydroxylation is 1. The first-order valence-electron chi connectivity index (χ1n) is 5.27. The van der Waals surface area contributed by atoms with Crippen LogP contribution in [0, 0.1) is 0 Å². The van der Waals surface area contributed by atoms with Crippen molar-refractivity contribution >= 4 is 34.8 Å². The molecule has 0 N–H and O–H groups in total. The second-order valence-electron chi connectivity index (χ2n) is 3.79. The number of hydrogen-bond acceptors (Lipinski definition) is 3. The maximum Gasteiger partial charge on any atom is 0.289 e. The summed E-state index contributed by atoms with van der Waals surface area (Å²) in [6, 6.07) is 5.13. The van der Waals surface area contributed by atoms with Gasteiger partial charge in [-0.05, 0) is 17.7 Å². The van der Waals surface area contributed by atoms with Crippen molar-refractivity contribution in [3.05, 3.63) is 55.4 Å². The molecule has 0 radical (unpaired) electrons. The molecule has 2 rings (SSSR count). The summed E-state index contributed by atoms with van der Waals surface area (Å²) in [4.78, 5) is 11.5. The number of aromatic nitrogens is 2. The lowest BCUT2D eigenvalue weighted by Crippen LogP contribution is -2.20. The normalized spacial score (nSPS) is 10.5. The Hall–Kier alpha value is -1.23. The highest BCUT2D eigenvalue weighted by Crippen LogP contribution is 2.24. The molecular weight excluding hydrogens is 311 g/mol. The van der Waals surface area contributed by atoms with Gasteiger partial charge in [-0.1, -0.05) is 40.9 Å². The lowest BCUT2D eigenvalue weighted by molar-refractivity contribution is 0.303. The molecule has 0 fully saturated rings. The maximum absolute atomic E-state index is 11.5. The molecule has 19 heavy (non-hydrogen) atoms. The molecule has 4 nitrogen and oxygen atoms in total. The molecule has 0 unspecified atom stereocenters. The van der Waals surface area contributed by atoms with Crippen LogP contribution in [-0.4, -0.2) is 9.78 Å². The fourth-order valence-electron chi connectivity index (χ4n) is 1.39. The van der Waals surface area contributed by atoms with Crippen molar-refractivity contribution in [3.8, 4) is 5.75 Å². The monoisotopic (exact) mass is 318 g/mol. The minimum atomic E-state index is -0.409. The molecule has 0 spiro atoms. The van der Waals surface area contributed by atoms with Crippen LogP contribution in [0.5, 0.6) is 5.75 Å². The highest BCUT2D eigenvalue weighted by Gasteiger charge is 2.09. The van der Waals surface area contributed by atoms with E-state index >= 15 is 0 Å². The van der Waals surface area contributed by atoms with Crippen molar-refractivity contribution in [3.63, 3.8) is 0 Å². The van der Waals surface area contributed by atoms with Crippen LogP contribution >= 0.6 is 34.8 Å². The van der Waals surface area contributed by atoms with Gasteiger partial charge in [0.15, 0.2) is 10.8 Å². The molecule has 1 aromatic heterocycles. The Morgan fingerprint density at radius 1 is 1.26 bits per heavy atom. The fraction of sp³-hybridized carbons (Fsp3) is 0.167. The zero-order valence-electron chi connectivity index (χ0n) is 9.86. The molecular formula is C12H9Cl3N2O2. The van der Waals surface area contributed by atoms with Crippen LogP contribution in [0.1, 0.15) is 5.56 Å². The molecule has 0 saturated heterocycles. The van der Waals surface area contributed by atoms with Gasteiger partial charge in [0.1, 0.15) is 6.61 Å². The van der Waals surface area contributed by atoms with E-state index in [0.717, 1.165) is 10.2 Å². The Labute approximate surface area is 124 Å². The van der Waals surface area contributed by atoms with E-state index in [1.165, 1.54) is 13.2 Å². The molecule has 0 bridgehead atoms. The third kappa shape index (κ3) is 3.21. The van der Waals surface area contributed by atoms with Gasteiger partial charge >= 0.3 is 0 Å². The van der Waals surface area contributed by atoms with E-state index < -0.39 is 5.56 Å². The molecule has 2 aromatic rings. The maximum atomic E-state index is 11.5. The predicted octanol–water partition coefficient (Wildman–Crippen LogP) is 3.32. The van der Waals surface area contributed by atoms with Crippen molar-refractivity contribution < 1.29 is 4.74 Å². The van der Waals surface area contributed by atoms with E-state index in [1.54, 1.807) is 18.2 Å². The number of halogens is 3. The summed E-state index contributed by atoms with van der Waals surface area (Å²) in [5.41, 5.74) is 0.402. The highest BCUT2D eigenvalue weighted by molar-refractivity contribution is 6.42. The van der Waals surface area contributed by atoms with Crippen LogP contribution in [0.15, 0.2) is 29.2 Å². The standard InChI is InChI=1S/C12H9Cl3N2O2/c1-17-12(18)11(15)10(5-16-17)19-6-7-2-3-8(13)9(14)4-7/h2-5H,6H2,1H3. The van der Waals surface area contributed by atoms with Gasteiger partial charge in [0.2, 0.25) is 0 Å². The van der Waals surface area contributed by atoms with Crippen LogP contribution in [0.25, 0.3) is 0 Å². The van der Waals surface area contributed by atoms with E-state index in [1.807, 2.05) is 0 Å². The lowest BCUT2D eigenvalue weighted by atomic mass is 10.2. The number of rotatable bonds is 3. The van der Waals surface area contributed by atoms with Crippen molar-refractivity contribution in [1.29, 1.82) is 0 Å². The van der Waals surface area contributed by atoms with Crippen LogP contribution in [0.4, 0.5) is 0 Å². The molecule has 0 aliphatic carbocycles. The van der Waals surface area contributed by atoms with E-state index in [4.69, 9.17) is 39.5 Å². The minimum Gasteiger partial charge on any atom is -0.485 e. The minimum absolute atomic E-state index is 0.00226.